The van der Waals surface area contributed by atoms with E-state index in [1.165, 1.54) is 6.07 Å². The summed E-state index contributed by atoms with van der Waals surface area (Å²) in [6.07, 6.45) is 4.00. The molecule has 0 aliphatic rings. The van der Waals surface area contributed by atoms with Crippen LogP contribution in [0.25, 0.3) is 5.69 Å². The lowest BCUT2D eigenvalue weighted by Gasteiger charge is -2.09. The van der Waals surface area contributed by atoms with E-state index in [1.54, 1.807) is 42.9 Å². The molecular formula is C18H18ClFN4O2. The molecule has 136 valence electrons. The fourth-order valence-corrected chi connectivity index (χ4v) is 2.92. The van der Waals surface area contributed by atoms with Gasteiger partial charge in [-0.15, -0.1) is 0 Å². The van der Waals surface area contributed by atoms with Crippen LogP contribution in [0.2, 0.25) is 5.22 Å². The lowest BCUT2D eigenvalue weighted by atomic mass is 10.1. The highest BCUT2D eigenvalue weighted by Crippen LogP contribution is 2.20. The van der Waals surface area contributed by atoms with Crippen LogP contribution in [-0.2, 0) is 17.8 Å². The van der Waals surface area contributed by atoms with Gasteiger partial charge < -0.3 is 14.4 Å². The van der Waals surface area contributed by atoms with Crippen LogP contribution in [0.15, 0.2) is 35.1 Å². The fraction of sp³-hybridized carbons (Fsp3) is 0.278. The Bertz CT molecular complexity index is 916. The molecule has 26 heavy (non-hydrogen) atoms. The maximum Gasteiger partial charge on any atom is 0.229 e. The number of carbonyl (C=O) groups is 1. The Hall–Kier alpha value is -2.67. The maximum absolute atomic E-state index is 14.3. The summed E-state index contributed by atoms with van der Waals surface area (Å²) in [5, 5.41) is 6.73. The molecule has 3 rings (SSSR count). The van der Waals surface area contributed by atoms with Crippen molar-refractivity contribution in [2.24, 2.45) is 0 Å². The number of amides is 1. The number of nitrogens with one attached hydrogen (secondary N) is 1. The number of rotatable bonds is 6. The molecular weight excluding hydrogens is 359 g/mol. The van der Waals surface area contributed by atoms with E-state index in [9.17, 15) is 9.18 Å². The second kappa shape index (κ2) is 7.70. The van der Waals surface area contributed by atoms with Gasteiger partial charge in [0.25, 0.3) is 0 Å². The molecule has 0 unspecified atom stereocenters. The molecule has 0 bridgehead atoms. The second-order valence-electron chi connectivity index (χ2n) is 5.93. The molecule has 2 heterocycles. The van der Waals surface area contributed by atoms with Gasteiger partial charge >= 0.3 is 0 Å². The Morgan fingerprint density at radius 3 is 2.81 bits per heavy atom. The number of halogens is 2. The van der Waals surface area contributed by atoms with Crippen molar-refractivity contribution in [3.8, 4) is 5.69 Å². The van der Waals surface area contributed by atoms with Crippen LogP contribution in [0.4, 0.5) is 4.39 Å². The minimum atomic E-state index is -0.371. The van der Waals surface area contributed by atoms with E-state index >= 15 is 0 Å². The van der Waals surface area contributed by atoms with Gasteiger partial charge in [-0.3, -0.25) is 4.79 Å². The van der Waals surface area contributed by atoms with Crippen molar-refractivity contribution >= 4 is 17.5 Å². The Labute approximate surface area is 155 Å². The molecule has 0 radical (unpaired) electrons. The molecule has 0 aliphatic heterocycles. The Morgan fingerprint density at radius 2 is 2.19 bits per heavy atom. The predicted molar refractivity (Wildman–Crippen MR) is 94.7 cm³/mol. The average molecular weight is 377 g/mol. The van der Waals surface area contributed by atoms with Gasteiger partial charge in [-0.2, -0.15) is 0 Å². The Kier molecular flexibility index (Phi) is 5.37. The summed E-state index contributed by atoms with van der Waals surface area (Å²) >= 11 is 5.88. The monoisotopic (exact) mass is 376 g/mol. The summed E-state index contributed by atoms with van der Waals surface area (Å²) in [5.74, 6) is 0.175. The zero-order chi connectivity index (χ0) is 18.7. The number of aromatic nitrogens is 3. The highest BCUT2D eigenvalue weighted by atomic mass is 35.5. The highest BCUT2D eigenvalue weighted by Gasteiger charge is 2.13. The number of hydrogen-bond donors (Lipinski definition) is 1. The van der Waals surface area contributed by atoms with Gasteiger partial charge in [-0.1, -0.05) is 11.2 Å². The first-order chi connectivity index (χ1) is 12.5. The van der Waals surface area contributed by atoms with E-state index in [1.807, 2.05) is 0 Å². The van der Waals surface area contributed by atoms with Crippen LogP contribution in [0.5, 0.6) is 0 Å². The van der Waals surface area contributed by atoms with Gasteiger partial charge in [0.2, 0.25) is 11.1 Å². The maximum atomic E-state index is 14.3. The minimum absolute atomic E-state index is 0.156. The number of carbonyl (C=O) groups excluding carboxylic acids is 1. The van der Waals surface area contributed by atoms with Gasteiger partial charge in [0.1, 0.15) is 11.6 Å². The van der Waals surface area contributed by atoms with E-state index in [-0.39, 0.29) is 29.9 Å². The van der Waals surface area contributed by atoms with Crippen LogP contribution >= 0.6 is 11.6 Å². The van der Waals surface area contributed by atoms with Gasteiger partial charge in [0.05, 0.1) is 11.4 Å². The van der Waals surface area contributed by atoms with Gasteiger partial charge in [0.15, 0.2) is 0 Å². The van der Waals surface area contributed by atoms with Gasteiger partial charge in [-0.05, 0) is 49.6 Å². The highest BCUT2D eigenvalue weighted by molar-refractivity contribution is 6.29. The van der Waals surface area contributed by atoms with E-state index in [4.69, 9.17) is 16.1 Å². The number of benzene rings is 1. The molecule has 0 saturated carbocycles. The molecule has 0 aliphatic carbocycles. The second-order valence-corrected chi connectivity index (χ2v) is 6.27. The number of nitrogens with zero attached hydrogens (tertiary/aromatic N) is 3. The third-order valence-electron chi connectivity index (χ3n) is 4.13. The van der Waals surface area contributed by atoms with Crippen LogP contribution in [0.3, 0.4) is 0 Å². The summed E-state index contributed by atoms with van der Waals surface area (Å²) in [6, 6.07) is 4.86. The zero-order valence-electron chi connectivity index (χ0n) is 14.4. The molecule has 3 aromatic rings. The summed E-state index contributed by atoms with van der Waals surface area (Å²) in [6.45, 7) is 3.82. The molecule has 6 nitrogen and oxygen atoms in total. The van der Waals surface area contributed by atoms with Crippen molar-refractivity contribution < 1.29 is 13.7 Å². The first-order valence-corrected chi connectivity index (χ1v) is 8.49. The topological polar surface area (TPSA) is 73.0 Å². The SMILES string of the molecule is Cc1noc(Cl)c1CCC(=O)NCc1ccc(-n2ccnc2C)c(F)c1. The van der Waals surface area contributed by atoms with E-state index in [2.05, 4.69) is 15.5 Å². The first-order valence-electron chi connectivity index (χ1n) is 8.12. The van der Waals surface area contributed by atoms with Crippen molar-refractivity contribution in [3.05, 3.63) is 64.3 Å². The number of hydrogen-bond acceptors (Lipinski definition) is 4. The zero-order valence-corrected chi connectivity index (χ0v) is 15.2. The van der Waals surface area contributed by atoms with Crippen molar-refractivity contribution in [2.75, 3.05) is 0 Å². The predicted octanol–water partition coefficient (Wildman–Crippen LogP) is 3.52. The molecule has 1 amide bonds. The lowest BCUT2D eigenvalue weighted by molar-refractivity contribution is -0.121. The van der Waals surface area contributed by atoms with Crippen molar-refractivity contribution in [2.45, 2.75) is 33.2 Å². The number of imidazole rings is 1. The molecule has 0 saturated heterocycles. The molecule has 8 heteroatoms. The Balaban J connectivity index is 1.57. The quantitative estimate of drug-likeness (QED) is 0.714. The average Bonchev–Trinajstić information content (AvgIpc) is 3.17. The smallest absolute Gasteiger partial charge is 0.229 e. The largest absolute Gasteiger partial charge is 0.352 e. The minimum Gasteiger partial charge on any atom is -0.352 e. The van der Waals surface area contributed by atoms with Crippen LogP contribution in [0, 0.1) is 19.7 Å². The fourth-order valence-electron chi connectivity index (χ4n) is 2.66. The third-order valence-corrected chi connectivity index (χ3v) is 4.42. The molecule has 0 fully saturated rings. The summed E-state index contributed by atoms with van der Waals surface area (Å²) in [7, 11) is 0. The normalized spacial score (nSPS) is 10.9. The third kappa shape index (κ3) is 3.94. The summed E-state index contributed by atoms with van der Waals surface area (Å²) in [5.41, 5.74) is 2.51. The van der Waals surface area contributed by atoms with E-state index in [0.717, 1.165) is 5.56 Å². The molecule has 2 aromatic heterocycles. The van der Waals surface area contributed by atoms with Gasteiger partial charge in [-0.25, -0.2) is 9.37 Å². The van der Waals surface area contributed by atoms with E-state index < -0.39 is 0 Å². The molecule has 0 spiro atoms. The van der Waals surface area contributed by atoms with Crippen molar-refractivity contribution in [1.82, 2.24) is 20.0 Å². The van der Waals surface area contributed by atoms with Crippen LogP contribution in [0.1, 0.15) is 29.1 Å². The molecule has 0 atom stereocenters. The lowest BCUT2D eigenvalue weighted by Crippen LogP contribution is -2.23. The van der Waals surface area contributed by atoms with Crippen molar-refractivity contribution in [1.29, 1.82) is 0 Å². The first kappa shape index (κ1) is 18.1. The standard InChI is InChI=1S/C18H18ClFN4O2/c1-11-14(18(19)26-23-11)4-6-17(25)22-10-13-3-5-16(15(20)9-13)24-8-7-21-12(24)2/h3,5,7-9H,4,6,10H2,1-2H3,(H,22,25). The van der Waals surface area contributed by atoms with Gasteiger partial charge in [0, 0.05) is 30.9 Å². The van der Waals surface area contributed by atoms with Crippen molar-refractivity contribution in [3.63, 3.8) is 0 Å². The van der Waals surface area contributed by atoms with Crippen LogP contribution < -0.4 is 5.32 Å². The molecule has 1 aromatic carbocycles. The van der Waals surface area contributed by atoms with E-state index in [0.29, 0.717) is 29.2 Å². The van der Waals surface area contributed by atoms with Crippen LogP contribution in [-0.4, -0.2) is 20.6 Å². The number of aryl methyl sites for hydroxylation is 2. The summed E-state index contributed by atoms with van der Waals surface area (Å²) < 4.78 is 20.9. The summed E-state index contributed by atoms with van der Waals surface area (Å²) in [4.78, 5) is 16.1. The molecule has 1 N–H and O–H groups in total. The Morgan fingerprint density at radius 1 is 1.38 bits per heavy atom.